The molecule has 1 atom stereocenters. The summed E-state index contributed by atoms with van der Waals surface area (Å²) in [7, 11) is 1.98. The molecule has 0 amide bonds. The number of hydrogen-bond donors (Lipinski definition) is 1. The maximum atomic E-state index is 4.62. The van der Waals surface area contributed by atoms with Crippen LogP contribution in [0.25, 0.3) is 0 Å². The first kappa shape index (κ1) is 12.8. The summed E-state index contributed by atoms with van der Waals surface area (Å²) in [6.07, 6.45) is 0. The molecule has 1 aromatic carbocycles. The van der Waals surface area contributed by atoms with Crippen LogP contribution in [0.3, 0.4) is 0 Å². The van der Waals surface area contributed by atoms with Crippen molar-refractivity contribution in [3.63, 3.8) is 0 Å². The first-order valence-electron chi connectivity index (χ1n) is 6.29. The zero-order chi connectivity index (χ0) is 13.1. The molecular formula is C16H20N2. The fourth-order valence-corrected chi connectivity index (χ4v) is 2.39. The molecule has 0 aliphatic heterocycles. The van der Waals surface area contributed by atoms with Crippen LogP contribution in [0, 0.1) is 20.8 Å². The number of aromatic nitrogens is 1. The van der Waals surface area contributed by atoms with Crippen molar-refractivity contribution in [3.8, 4) is 0 Å². The van der Waals surface area contributed by atoms with Crippen LogP contribution in [0.4, 0.5) is 0 Å². The Morgan fingerprint density at radius 1 is 1.00 bits per heavy atom. The van der Waals surface area contributed by atoms with Gasteiger partial charge in [-0.15, -0.1) is 0 Å². The fraction of sp³-hybridized carbons (Fsp3) is 0.312. The van der Waals surface area contributed by atoms with E-state index in [9.17, 15) is 0 Å². The zero-order valence-electron chi connectivity index (χ0n) is 11.5. The Balaban J connectivity index is 2.45. The van der Waals surface area contributed by atoms with Gasteiger partial charge in [-0.3, -0.25) is 4.98 Å². The highest BCUT2D eigenvalue weighted by molar-refractivity contribution is 5.35. The van der Waals surface area contributed by atoms with Crippen molar-refractivity contribution < 1.29 is 0 Å². The summed E-state index contributed by atoms with van der Waals surface area (Å²) in [5.41, 5.74) is 5.98. The van der Waals surface area contributed by atoms with Crippen LogP contribution in [0.2, 0.25) is 0 Å². The summed E-state index contributed by atoms with van der Waals surface area (Å²) in [4.78, 5) is 4.62. The molecule has 0 aliphatic rings. The quantitative estimate of drug-likeness (QED) is 0.890. The highest BCUT2D eigenvalue weighted by Gasteiger charge is 2.13. The van der Waals surface area contributed by atoms with Crippen molar-refractivity contribution in [3.05, 3.63) is 64.5 Å². The largest absolute Gasteiger partial charge is 0.308 e. The van der Waals surface area contributed by atoms with E-state index in [-0.39, 0.29) is 6.04 Å². The van der Waals surface area contributed by atoms with Gasteiger partial charge in [0.1, 0.15) is 0 Å². The number of pyridine rings is 1. The van der Waals surface area contributed by atoms with Gasteiger partial charge in [0.05, 0.1) is 11.7 Å². The number of benzene rings is 1. The minimum atomic E-state index is 0.156. The van der Waals surface area contributed by atoms with Gasteiger partial charge in [-0.05, 0) is 45.5 Å². The Hall–Kier alpha value is -1.67. The summed E-state index contributed by atoms with van der Waals surface area (Å²) >= 11 is 0. The molecule has 1 N–H and O–H groups in total. The topological polar surface area (TPSA) is 24.9 Å². The Bertz CT molecular complexity index is 526. The van der Waals surface area contributed by atoms with E-state index in [1.165, 1.54) is 16.7 Å². The Labute approximate surface area is 109 Å². The van der Waals surface area contributed by atoms with Crippen LogP contribution in [-0.2, 0) is 0 Å². The van der Waals surface area contributed by atoms with E-state index >= 15 is 0 Å². The average molecular weight is 240 g/mol. The smallest absolute Gasteiger partial charge is 0.0749 e. The van der Waals surface area contributed by atoms with Gasteiger partial charge in [0.15, 0.2) is 0 Å². The highest BCUT2D eigenvalue weighted by Crippen LogP contribution is 2.22. The van der Waals surface area contributed by atoms with Gasteiger partial charge < -0.3 is 5.32 Å². The lowest BCUT2D eigenvalue weighted by Gasteiger charge is -2.18. The van der Waals surface area contributed by atoms with Crippen molar-refractivity contribution >= 4 is 0 Å². The first-order valence-corrected chi connectivity index (χ1v) is 6.29. The predicted octanol–water partition coefficient (Wildman–Crippen LogP) is 3.32. The number of rotatable bonds is 3. The van der Waals surface area contributed by atoms with E-state index < -0.39 is 0 Å². The van der Waals surface area contributed by atoms with Crippen LogP contribution in [0.5, 0.6) is 0 Å². The van der Waals surface area contributed by atoms with Crippen molar-refractivity contribution in [2.45, 2.75) is 26.8 Å². The first-order chi connectivity index (χ1) is 8.60. The molecule has 2 aromatic rings. The van der Waals surface area contributed by atoms with Crippen LogP contribution in [0.1, 0.15) is 34.1 Å². The molecule has 0 saturated carbocycles. The van der Waals surface area contributed by atoms with E-state index in [1.54, 1.807) is 0 Å². The van der Waals surface area contributed by atoms with Crippen LogP contribution < -0.4 is 5.32 Å². The summed E-state index contributed by atoms with van der Waals surface area (Å²) in [5.74, 6) is 0. The third-order valence-electron chi connectivity index (χ3n) is 3.07. The maximum absolute atomic E-state index is 4.62. The SMILES string of the molecule is CNC(c1cc(C)cc(C)c1)c1cccc(C)n1. The number of nitrogens with zero attached hydrogens (tertiary/aromatic N) is 1. The molecule has 1 heterocycles. The standard InChI is InChI=1S/C16H20N2/c1-11-8-12(2)10-14(9-11)16(17-4)15-7-5-6-13(3)18-15/h5-10,16-17H,1-4H3. The third-order valence-corrected chi connectivity index (χ3v) is 3.07. The second-order valence-electron chi connectivity index (χ2n) is 4.85. The lowest BCUT2D eigenvalue weighted by Crippen LogP contribution is -2.19. The molecule has 0 aliphatic carbocycles. The van der Waals surface area contributed by atoms with Gasteiger partial charge in [-0.1, -0.05) is 35.4 Å². The molecule has 18 heavy (non-hydrogen) atoms. The molecule has 0 spiro atoms. The molecule has 0 bridgehead atoms. The maximum Gasteiger partial charge on any atom is 0.0749 e. The number of aryl methyl sites for hydroxylation is 3. The minimum Gasteiger partial charge on any atom is -0.308 e. The molecule has 2 heteroatoms. The Kier molecular flexibility index (Phi) is 3.78. The van der Waals surface area contributed by atoms with E-state index in [4.69, 9.17) is 0 Å². The molecule has 1 aromatic heterocycles. The minimum absolute atomic E-state index is 0.156. The van der Waals surface area contributed by atoms with Crippen molar-refractivity contribution in [1.82, 2.24) is 10.3 Å². The molecule has 0 saturated heterocycles. The molecule has 2 nitrogen and oxygen atoms in total. The second kappa shape index (κ2) is 5.32. The van der Waals surface area contributed by atoms with Gasteiger partial charge >= 0.3 is 0 Å². The van der Waals surface area contributed by atoms with E-state index in [0.717, 1.165) is 11.4 Å². The second-order valence-corrected chi connectivity index (χ2v) is 4.85. The fourth-order valence-electron chi connectivity index (χ4n) is 2.39. The number of nitrogens with one attached hydrogen (secondary N) is 1. The van der Waals surface area contributed by atoms with Gasteiger partial charge in [-0.25, -0.2) is 0 Å². The molecule has 0 fully saturated rings. The Morgan fingerprint density at radius 2 is 1.67 bits per heavy atom. The third kappa shape index (κ3) is 2.77. The van der Waals surface area contributed by atoms with Gasteiger partial charge in [0, 0.05) is 5.69 Å². The summed E-state index contributed by atoms with van der Waals surface area (Å²) in [5, 5.41) is 3.35. The Morgan fingerprint density at radius 3 is 2.22 bits per heavy atom. The normalized spacial score (nSPS) is 12.4. The van der Waals surface area contributed by atoms with Crippen LogP contribution in [0.15, 0.2) is 36.4 Å². The van der Waals surface area contributed by atoms with E-state index in [0.29, 0.717) is 0 Å². The predicted molar refractivity (Wildman–Crippen MR) is 75.8 cm³/mol. The summed E-state index contributed by atoms with van der Waals surface area (Å²) < 4.78 is 0. The molecule has 2 rings (SSSR count). The molecule has 1 unspecified atom stereocenters. The van der Waals surface area contributed by atoms with Crippen molar-refractivity contribution in [1.29, 1.82) is 0 Å². The van der Waals surface area contributed by atoms with E-state index in [1.807, 2.05) is 20.0 Å². The van der Waals surface area contributed by atoms with Gasteiger partial charge in [-0.2, -0.15) is 0 Å². The summed E-state index contributed by atoms with van der Waals surface area (Å²) in [6, 6.07) is 13.0. The molecule has 0 radical (unpaired) electrons. The zero-order valence-corrected chi connectivity index (χ0v) is 11.5. The highest BCUT2D eigenvalue weighted by atomic mass is 14.9. The molecule has 94 valence electrons. The van der Waals surface area contributed by atoms with E-state index in [2.05, 4.69) is 54.5 Å². The van der Waals surface area contributed by atoms with Crippen molar-refractivity contribution in [2.75, 3.05) is 7.05 Å². The lowest BCUT2D eigenvalue weighted by molar-refractivity contribution is 0.667. The monoisotopic (exact) mass is 240 g/mol. The lowest BCUT2D eigenvalue weighted by atomic mass is 9.98. The van der Waals surface area contributed by atoms with Crippen molar-refractivity contribution in [2.24, 2.45) is 0 Å². The van der Waals surface area contributed by atoms with Gasteiger partial charge in [0.25, 0.3) is 0 Å². The van der Waals surface area contributed by atoms with Gasteiger partial charge in [0.2, 0.25) is 0 Å². The number of hydrogen-bond acceptors (Lipinski definition) is 2. The average Bonchev–Trinajstić information content (AvgIpc) is 2.28. The van der Waals surface area contributed by atoms with Crippen LogP contribution in [-0.4, -0.2) is 12.0 Å². The van der Waals surface area contributed by atoms with Crippen LogP contribution >= 0.6 is 0 Å². The molecular weight excluding hydrogens is 220 g/mol. The summed E-state index contributed by atoms with van der Waals surface area (Å²) in [6.45, 7) is 6.29.